The number of imidazole rings is 1. The molecule has 0 aliphatic carbocycles. The Morgan fingerprint density at radius 1 is 1.03 bits per heavy atom. The number of aryl methyl sites for hydroxylation is 2. The molecule has 0 saturated carbocycles. The van der Waals surface area contributed by atoms with Crippen LogP contribution in [0.3, 0.4) is 0 Å². The van der Waals surface area contributed by atoms with Crippen LogP contribution in [0, 0.1) is 6.92 Å². The summed E-state index contributed by atoms with van der Waals surface area (Å²) in [6.45, 7) is 4.06. The number of aromatic nitrogens is 4. The van der Waals surface area contributed by atoms with Gasteiger partial charge in [0.2, 0.25) is 5.91 Å². The highest BCUT2D eigenvalue weighted by molar-refractivity contribution is 7.99. The fraction of sp³-hybridized carbons (Fsp3) is 0.455. The quantitative estimate of drug-likeness (QED) is 0.565. The monoisotopic (exact) mass is 441 g/mol. The van der Waals surface area contributed by atoms with E-state index in [-0.39, 0.29) is 17.2 Å². The van der Waals surface area contributed by atoms with E-state index in [0.717, 1.165) is 41.6 Å². The van der Waals surface area contributed by atoms with Gasteiger partial charge >= 0.3 is 5.69 Å². The Morgan fingerprint density at radius 2 is 1.71 bits per heavy atom. The van der Waals surface area contributed by atoms with Gasteiger partial charge in [-0.15, -0.1) is 0 Å². The minimum atomic E-state index is -0.418. The summed E-state index contributed by atoms with van der Waals surface area (Å²) in [6, 6.07) is 8.08. The molecule has 8 nitrogen and oxygen atoms in total. The predicted octanol–water partition coefficient (Wildman–Crippen LogP) is 1.90. The molecule has 0 spiro atoms. The van der Waals surface area contributed by atoms with Gasteiger partial charge < -0.3 is 9.47 Å². The summed E-state index contributed by atoms with van der Waals surface area (Å²) in [4.78, 5) is 44.6. The zero-order valence-electron chi connectivity index (χ0n) is 18.1. The van der Waals surface area contributed by atoms with E-state index < -0.39 is 5.69 Å². The predicted molar refractivity (Wildman–Crippen MR) is 122 cm³/mol. The highest BCUT2D eigenvalue weighted by Gasteiger charge is 2.22. The SMILES string of the molecule is Cc1ccc(Cn2c(SCC(=O)N3CCCCC3)nc3c2c(=O)n(C)c(=O)n3C)cc1. The third kappa shape index (κ3) is 4.19. The molecule has 2 aromatic heterocycles. The topological polar surface area (TPSA) is 82.1 Å². The number of piperidine rings is 1. The zero-order valence-corrected chi connectivity index (χ0v) is 18.9. The van der Waals surface area contributed by atoms with Crippen molar-refractivity contribution in [3.05, 3.63) is 56.2 Å². The Morgan fingerprint density at radius 3 is 2.39 bits per heavy atom. The van der Waals surface area contributed by atoms with E-state index in [4.69, 9.17) is 0 Å². The molecule has 0 unspecified atom stereocenters. The van der Waals surface area contributed by atoms with Crippen LogP contribution in [0.1, 0.15) is 30.4 Å². The summed E-state index contributed by atoms with van der Waals surface area (Å²) in [5, 5.41) is 0.569. The maximum Gasteiger partial charge on any atom is 0.332 e. The summed E-state index contributed by atoms with van der Waals surface area (Å²) in [7, 11) is 3.08. The first kappa shape index (κ1) is 21.4. The van der Waals surface area contributed by atoms with E-state index in [0.29, 0.717) is 22.9 Å². The molecule has 3 aromatic rings. The molecule has 0 N–H and O–H groups in total. The summed E-state index contributed by atoms with van der Waals surface area (Å²) < 4.78 is 4.32. The minimum absolute atomic E-state index is 0.0837. The highest BCUT2D eigenvalue weighted by Crippen LogP contribution is 2.24. The lowest BCUT2D eigenvalue weighted by atomic mass is 10.1. The Labute approximate surface area is 184 Å². The Kier molecular flexibility index (Phi) is 6.04. The van der Waals surface area contributed by atoms with Crippen molar-refractivity contribution in [3.8, 4) is 0 Å². The van der Waals surface area contributed by atoms with Crippen LogP contribution in [0.25, 0.3) is 11.2 Å². The lowest BCUT2D eigenvalue weighted by Gasteiger charge is -2.26. The van der Waals surface area contributed by atoms with Crippen LogP contribution >= 0.6 is 11.8 Å². The van der Waals surface area contributed by atoms with Gasteiger partial charge in [-0.3, -0.25) is 18.7 Å². The fourth-order valence-electron chi connectivity index (χ4n) is 3.92. The summed E-state index contributed by atoms with van der Waals surface area (Å²) in [5.74, 6) is 0.339. The molecule has 1 amide bonds. The van der Waals surface area contributed by atoms with E-state index in [1.54, 1.807) is 7.05 Å². The van der Waals surface area contributed by atoms with Crippen molar-refractivity contribution in [1.82, 2.24) is 23.6 Å². The number of hydrogen-bond donors (Lipinski definition) is 0. The third-order valence-corrected chi connectivity index (χ3v) is 6.77. The van der Waals surface area contributed by atoms with Crippen molar-refractivity contribution >= 4 is 28.8 Å². The van der Waals surface area contributed by atoms with Crippen molar-refractivity contribution in [1.29, 1.82) is 0 Å². The highest BCUT2D eigenvalue weighted by atomic mass is 32.2. The number of benzene rings is 1. The van der Waals surface area contributed by atoms with Gasteiger partial charge in [-0.2, -0.15) is 0 Å². The molecule has 0 atom stereocenters. The Bertz CT molecular complexity index is 1230. The summed E-state index contributed by atoms with van der Waals surface area (Å²) in [5.41, 5.74) is 2.08. The van der Waals surface area contributed by atoms with Gasteiger partial charge in [-0.25, -0.2) is 9.78 Å². The smallest absolute Gasteiger partial charge is 0.332 e. The molecule has 3 heterocycles. The van der Waals surface area contributed by atoms with E-state index in [1.807, 2.05) is 40.7 Å². The number of rotatable bonds is 5. The lowest BCUT2D eigenvalue weighted by molar-refractivity contribution is -0.129. The number of fused-ring (bicyclic) bond motifs is 1. The second-order valence-electron chi connectivity index (χ2n) is 8.07. The first-order valence-corrected chi connectivity index (χ1v) is 11.5. The maximum atomic E-state index is 13.0. The van der Waals surface area contributed by atoms with Gasteiger partial charge in [0.25, 0.3) is 5.56 Å². The van der Waals surface area contributed by atoms with E-state index >= 15 is 0 Å². The Balaban J connectivity index is 1.74. The molecular weight excluding hydrogens is 414 g/mol. The zero-order chi connectivity index (χ0) is 22.1. The molecule has 1 aromatic carbocycles. The molecule has 1 aliphatic heterocycles. The number of hydrogen-bond acceptors (Lipinski definition) is 5. The Hall–Kier alpha value is -2.81. The standard InChI is InChI=1S/C22H27N5O3S/c1-15-7-9-16(10-8-15)13-27-18-19(24(2)22(30)25(3)20(18)29)23-21(27)31-14-17(28)26-11-5-4-6-12-26/h7-10H,4-6,11-14H2,1-3H3. The van der Waals surface area contributed by atoms with E-state index in [9.17, 15) is 14.4 Å². The van der Waals surface area contributed by atoms with E-state index in [1.165, 1.54) is 29.8 Å². The summed E-state index contributed by atoms with van der Waals surface area (Å²) in [6.07, 6.45) is 3.25. The van der Waals surface area contributed by atoms with Gasteiger partial charge in [0.15, 0.2) is 16.3 Å². The average Bonchev–Trinajstić information content (AvgIpc) is 3.15. The van der Waals surface area contributed by atoms with Gasteiger partial charge in [0, 0.05) is 27.2 Å². The normalized spacial score (nSPS) is 14.4. The molecule has 31 heavy (non-hydrogen) atoms. The minimum Gasteiger partial charge on any atom is -0.342 e. The van der Waals surface area contributed by atoms with Crippen LogP contribution in [-0.4, -0.2) is 48.3 Å². The van der Waals surface area contributed by atoms with Crippen LogP contribution in [0.15, 0.2) is 39.0 Å². The fourth-order valence-corrected chi connectivity index (χ4v) is 4.82. The largest absolute Gasteiger partial charge is 0.342 e. The second-order valence-corrected chi connectivity index (χ2v) is 9.02. The van der Waals surface area contributed by atoms with Crippen molar-refractivity contribution in [2.24, 2.45) is 14.1 Å². The van der Waals surface area contributed by atoms with Crippen LogP contribution < -0.4 is 11.2 Å². The molecule has 0 radical (unpaired) electrons. The van der Waals surface area contributed by atoms with Crippen LogP contribution in [0.5, 0.6) is 0 Å². The van der Waals surface area contributed by atoms with Gasteiger partial charge in [-0.1, -0.05) is 41.6 Å². The molecule has 1 aliphatic rings. The van der Waals surface area contributed by atoms with Crippen molar-refractivity contribution < 1.29 is 4.79 Å². The third-order valence-electron chi connectivity index (χ3n) is 5.81. The molecule has 1 saturated heterocycles. The number of thioether (sulfide) groups is 1. The molecule has 4 rings (SSSR count). The second kappa shape index (κ2) is 8.74. The number of amides is 1. The van der Waals surface area contributed by atoms with Crippen LogP contribution in [0.2, 0.25) is 0 Å². The first-order chi connectivity index (χ1) is 14.9. The molecule has 0 bridgehead atoms. The van der Waals surface area contributed by atoms with Gasteiger partial charge in [0.05, 0.1) is 12.3 Å². The summed E-state index contributed by atoms with van der Waals surface area (Å²) >= 11 is 1.32. The molecular formula is C22H27N5O3S. The van der Waals surface area contributed by atoms with Gasteiger partial charge in [0.1, 0.15) is 0 Å². The van der Waals surface area contributed by atoms with E-state index in [2.05, 4.69) is 4.98 Å². The van der Waals surface area contributed by atoms with Crippen molar-refractivity contribution in [3.63, 3.8) is 0 Å². The average molecular weight is 442 g/mol. The molecule has 164 valence electrons. The van der Waals surface area contributed by atoms with Crippen LogP contribution in [-0.2, 0) is 25.4 Å². The number of carbonyl (C=O) groups excluding carboxylic acids is 1. The van der Waals surface area contributed by atoms with Crippen LogP contribution in [0.4, 0.5) is 0 Å². The molecule has 1 fully saturated rings. The molecule has 9 heteroatoms. The van der Waals surface area contributed by atoms with Crippen molar-refractivity contribution in [2.75, 3.05) is 18.8 Å². The lowest BCUT2D eigenvalue weighted by Crippen LogP contribution is -2.37. The van der Waals surface area contributed by atoms with Crippen molar-refractivity contribution in [2.45, 2.75) is 37.9 Å². The number of carbonyl (C=O) groups is 1. The first-order valence-electron chi connectivity index (χ1n) is 10.5. The number of likely N-dealkylation sites (tertiary alicyclic amines) is 1. The maximum absolute atomic E-state index is 13.0. The number of nitrogens with zero attached hydrogens (tertiary/aromatic N) is 5. The van der Waals surface area contributed by atoms with Gasteiger partial charge in [-0.05, 0) is 31.7 Å².